The van der Waals surface area contributed by atoms with Gasteiger partial charge in [0.1, 0.15) is 0 Å². The minimum absolute atomic E-state index is 0.365. The zero-order valence-electron chi connectivity index (χ0n) is 8.20. The Bertz CT molecular complexity index is 211. The van der Waals surface area contributed by atoms with E-state index in [1.807, 2.05) is 4.90 Å². The molecule has 0 aromatic heterocycles. The van der Waals surface area contributed by atoms with Gasteiger partial charge in [-0.1, -0.05) is 6.92 Å². The van der Waals surface area contributed by atoms with E-state index in [0.717, 1.165) is 31.8 Å². The van der Waals surface area contributed by atoms with Gasteiger partial charge in [0.15, 0.2) is 0 Å². The molecule has 0 spiro atoms. The predicted octanol–water partition coefficient (Wildman–Crippen LogP) is 0.450. The Morgan fingerprint density at radius 1 is 1.62 bits per heavy atom. The van der Waals surface area contributed by atoms with E-state index in [1.54, 1.807) is 0 Å². The van der Waals surface area contributed by atoms with E-state index in [9.17, 15) is 4.79 Å². The Morgan fingerprint density at radius 2 is 2.31 bits per heavy atom. The molecule has 0 radical (unpaired) electrons. The first-order valence-corrected chi connectivity index (χ1v) is 5.19. The number of carbonyl (C=O) groups is 1. The van der Waals surface area contributed by atoms with Crippen LogP contribution in [-0.4, -0.2) is 30.4 Å². The lowest BCUT2D eigenvalue weighted by molar-refractivity contribution is -0.149. The third-order valence-electron chi connectivity index (χ3n) is 3.31. The molecule has 1 aliphatic carbocycles. The van der Waals surface area contributed by atoms with Crippen molar-refractivity contribution in [2.75, 3.05) is 19.6 Å². The molecular formula is C10H18N2O. The Hall–Kier alpha value is -0.570. The van der Waals surface area contributed by atoms with Crippen molar-refractivity contribution in [2.45, 2.75) is 19.8 Å². The van der Waals surface area contributed by atoms with Crippen LogP contribution in [0.5, 0.6) is 0 Å². The number of carbonyl (C=O) groups excluding carboxylic acids is 1. The fourth-order valence-corrected chi connectivity index (χ4v) is 2.36. The molecule has 1 unspecified atom stereocenters. The molecule has 1 atom stereocenters. The summed E-state index contributed by atoms with van der Waals surface area (Å²) in [6.07, 6.45) is 2.29. The van der Waals surface area contributed by atoms with Gasteiger partial charge in [0, 0.05) is 19.0 Å². The molecule has 1 saturated carbocycles. The lowest BCUT2D eigenvalue weighted by Gasteiger charge is -2.46. The summed E-state index contributed by atoms with van der Waals surface area (Å²) < 4.78 is 0. The van der Waals surface area contributed by atoms with E-state index in [-0.39, 0.29) is 0 Å². The van der Waals surface area contributed by atoms with Gasteiger partial charge in [0.25, 0.3) is 0 Å². The van der Waals surface area contributed by atoms with Gasteiger partial charge < -0.3 is 10.6 Å². The Morgan fingerprint density at radius 3 is 2.85 bits per heavy atom. The molecule has 3 rings (SSSR count). The Balaban J connectivity index is 1.89. The number of hydrogen-bond acceptors (Lipinski definition) is 2. The summed E-state index contributed by atoms with van der Waals surface area (Å²) in [6, 6.07) is 0. The molecule has 2 bridgehead atoms. The summed E-state index contributed by atoms with van der Waals surface area (Å²) in [5.41, 5.74) is 5.54. The molecule has 3 nitrogen and oxygen atoms in total. The molecule has 3 aliphatic rings. The lowest BCUT2D eigenvalue weighted by atomic mass is 9.70. The van der Waals surface area contributed by atoms with Crippen molar-refractivity contribution in [3.05, 3.63) is 0 Å². The smallest absolute Gasteiger partial charge is 0.225 e. The minimum atomic E-state index is 0.365. The minimum Gasteiger partial charge on any atom is -0.342 e. The van der Waals surface area contributed by atoms with E-state index < -0.39 is 0 Å². The maximum atomic E-state index is 11.7. The van der Waals surface area contributed by atoms with E-state index in [0.29, 0.717) is 24.3 Å². The van der Waals surface area contributed by atoms with Crippen LogP contribution in [0.3, 0.4) is 0 Å². The van der Waals surface area contributed by atoms with Gasteiger partial charge in [-0.05, 0) is 31.2 Å². The van der Waals surface area contributed by atoms with Crippen molar-refractivity contribution in [2.24, 2.45) is 23.5 Å². The molecular weight excluding hydrogens is 164 g/mol. The summed E-state index contributed by atoms with van der Waals surface area (Å²) in [4.78, 5) is 13.7. The van der Waals surface area contributed by atoms with Crippen molar-refractivity contribution in [1.29, 1.82) is 0 Å². The maximum absolute atomic E-state index is 11.7. The zero-order chi connectivity index (χ0) is 9.42. The monoisotopic (exact) mass is 182 g/mol. The summed E-state index contributed by atoms with van der Waals surface area (Å²) in [5, 5.41) is 0. The summed E-state index contributed by atoms with van der Waals surface area (Å²) in [6.45, 7) is 4.63. The quantitative estimate of drug-likeness (QED) is 0.689. The number of hydrogen-bond donors (Lipinski definition) is 1. The van der Waals surface area contributed by atoms with E-state index in [2.05, 4.69) is 6.92 Å². The van der Waals surface area contributed by atoms with E-state index in [1.165, 1.54) is 0 Å². The van der Waals surface area contributed by atoms with Gasteiger partial charge >= 0.3 is 0 Å². The van der Waals surface area contributed by atoms with E-state index in [4.69, 9.17) is 5.73 Å². The zero-order valence-corrected chi connectivity index (χ0v) is 8.20. The highest BCUT2D eigenvalue weighted by Gasteiger charge is 2.43. The van der Waals surface area contributed by atoms with Crippen LogP contribution in [0.4, 0.5) is 0 Å². The van der Waals surface area contributed by atoms with Crippen LogP contribution < -0.4 is 5.73 Å². The number of piperidine rings is 2. The van der Waals surface area contributed by atoms with Crippen LogP contribution in [0.15, 0.2) is 0 Å². The average molecular weight is 182 g/mol. The second-order valence-corrected chi connectivity index (χ2v) is 4.62. The standard InChI is InChI=1S/C10H18N2O/c1-7(4-11)5-12-6-8-2-9(3-8)10(12)13/h7-9H,2-6,11H2,1H3. The largest absolute Gasteiger partial charge is 0.342 e. The topological polar surface area (TPSA) is 46.3 Å². The first-order valence-electron chi connectivity index (χ1n) is 5.19. The molecule has 0 aromatic rings. The molecule has 2 aliphatic heterocycles. The van der Waals surface area contributed by atoms with Crippen LogP contribution in [0.25, 0.3) is 0 Å². The predicted molar refractivity (Wildman–Crippen MR) is 51.0 cm³/mol. The van der Waals surface area contributed by atoms with Gasteiger partial charge in [-0.15, -0.1) is 0 Å². The summed E-state index contributed by atoms with van der Waals surface area (Å²) in [7, 11) is 0. The second-order valence-electron chi connectivity index (χ2n) is 4.62. The molecule has 2 N–H and O–H groups in total. The van der Waals surface area contributed by atoms with Crippen LogP contribution in [-0.2, 0) is 4.79 Å². The highest BCUT2D eigenvalue weighted by atomic mass is 16.2. The van der Waals surface area contributed by atoms with Crippen molar-refractivity contribution < 1.29 is 4.79 Å². The number of rotatable bonds is 3. The molecule has 1 amide bonds. The van der Waals surface area contributed by atoms with Crippen LogP contribution >= 0.6 is 0 Å². The fourth-order valence-electron chi connectivity index (χ4n) is 2.36. The van der Waals surface area contributed by atoms with Gasteiger partial charge in [0.2, 0.25) is 5.91 Å². The van der Waals surface area contributed by atoms with E-state index >= 15 is 0 Å². The molecule has 74 valence electrons. The molecule has 3 heteroatoms. The Kier molecular flexibility index (Phi) is 2.28. The second kappa shape index (κ2) is 3.29. The average Bonchev–Trinajstić information content (AvgIpc) is 2.05. The van der Waals surface area contributed by atoms with Crippen molar-refractivity contribution in [3.8, 4) is 0 Å². The van der Waals surface area contributed by atoms with Crippen LogP contribution in [0.2, 0.25) is 0 Å². The normalized spacial score (nSPS) is 34.3. The highest BCUT2D eigenvalue weighted by molar-refractivity contribution is 5.81. The van der Waals surface area contributed by atoms with Crippen LogP contribution in [0.1, 0.15) is 19.8 Å². The maximum Gasteiger partial charge on any atom is 0.225 e. The molecule has 0 aromatic carbocycles. The number of nitrogens with two attached hydrogens (primary N) is 1. The first-order chi connectivity index (χ1) is 6.20. The SMILES string of the molecule is CC(CN)CN1CC2CC(C2)C1=O. The van der Waals surface area contributed by atoms with Crippen LogP contribution in [0, 0.1) is 17.8 Å². The molecule has 3 fully saturated rings. The van der Waals surface area contributed by atoms with Crippen molar-refractivity contribution >= 4 is 5.91 Å². The highest BCUT2D eigenvalue weighted by Crippen LogP contribution is 2.40. The van der Waals surface area contributed by atoms with Crippen molar-refractivity contribution in [1.82, 2.24) is 4.90 Å². The van der Waals surface area contributed by atoms with Crippen molar-refractivity contribution in [3.63, 3.8) is 0 Å². The van der Waals surface area contributed by atoms with Gasteiger partial charge in [-0.25, -0.2) is 0 Å². The molecule has 13 heavy (non-hydrogen) atoms. The van der Waals surface area contributed by atoms with Gasteiger partial charge in [0.05, 0.1) is 0 Å². The fraction of sp³-hybridized carbons (Fsp3) is 0.900. The number of amides is 1. The molecule has 2 saturated heterocycles. The third-order valence-corrected chi connectivity index (χ3v) is 3.31. The lowest BCUT2D eigenvalue weighted by Crippen LogP contribution is -2.54. The first kappa shape index (κ1) is 9.00. The number of fused-ring (bicyclic) bond motifs is 2. The third kappa shape index (κ3) is 1.57. The summed E-state index contributed by atoms with van der Waals surface area (Å²) in [5.74, 6) is 1.99. The number of nitrogens with zero attached hydrogens (tertiary/aromatic N) is 1. The van der Waals surface area contributed by atoms with Gasteiger partial charge in [-0.3, -0.25) is 4.79 Å². The Labute approximate surface area is 79.3 Å². The molecule has 2 heterocycles. The van der Waals surface area contributed by atoms with Gasteiger partial charge in [-0.2, -0.15) is 0 Å². The summed E-state index contributed by atoms with van der Waals surface area (Å²) >= 11 is 0.